The van der Waals surface area contributed by atoms with Gasteiger partial charge < -0.3 is 10.3 Å². The number of carbonyl (C=O) groups excluding carboxylic acids is 3. The second-order valence-corrected chi connectivity index (χ2v) is 6.87. The van der Waals surface area contributed by atoms with Gasteiger partial charge in [0.2, 0.25) is 0 Å². The van der Waals surface area contributed by atoms with Crippen LogP contribution in [0.4, 0.5) is 5.69 Å². The smallest absolute Gasteiger partial charge is 0.305 e. The third-order valence-electron chi connectivity index (χ3n) is 4.21. The number of H-pyrrole nitrogens is 1. The van der Waals surface area contributed by atoms with Crippen LogP contribution in [0.1, 0.15) is 47.2 Å². The number of carbonyl (C=O) groups is 3. The molecule has 1 heterocycles. The zero-order valence-electron chi connectivity index (χ0n) is 13.6. The van der Waals surface area contributed by atoms with Gasteiger partial charge in [-0.1, -0.05) is 35.6 Å². The van der Waals surface area contributed by atoms with E-state index in [9.17, 15) is 19.2 Å². The van der Waals surface area contributed by atoms with Crippen LogP contribution in [0.3, 0.4) is 0 Å². The summed E-state index contributed by atoms with van der Waals surface area (Å²) >= 11 is 0.818. The Morgan fingerprint density at radius 1 is 0.923 bits per heavy atom. The number of benzene rings is 2. The maximum atomic E-state index is 12.7. The van der Waals surface area contributed by atoms with Crippen molar-refractivity contribution in [3.05, 3.63) is 85.0 Å². The van der Waals surface area contributed by atoms with Crippen LogP contribution in [0.25, 0.3) is 0 Å². The number of hydrogen-bond donors (Lipinski definition) is 2. The van der Waals surface area contributed by atoms with Gasteiger partial charge in [-0.2, -0.15) is 0 Å². The van der Waals surface area contributed by atoms with E-state index in [2.05, 4.69) is 10.3 Å². The highest BCUT2D eigenvalue weighted by atomic mass is 32.1. The minimum atomic E-state index is -0.444. The Labute approximate surface area is 151 Å². The summed E-state index contributed by atoms with van der Waals surface area (Å²) in [7, 11) is 0. The second kappa shape index (κ2) is 5.89. The van der Waals surface area contributed by atoms with E-state index >= 15 is 0 Å². The van der Waals surface area contributed by atoms with Crippen LogP contribution >= 0.6 is 11.3 Å². The average Bonchev–Trinajstić information content (AvgIpc) is 2.98. The number of ketones is 2. The zero-order valence-corrected chi connectivity index (χ0v) is 14.4. The molecule has 128 valence electrons. The standard InChI is InChI=1S/C19H12N2O4S/c1-9-17(26-19(25)20-9)18(24)21-10-6-7-13-14(8-10)16(23)12-5-3-2-4-11(12)15(13)22/h2-8H,1H3,(H,20,25)(H,21,24). The Hall–Kier alpha value is -3.32. The summed E-state index contributed by atoms with van der Waals surface area (Å²) < 4.78 is 0. The van der Waals surface area contributed by atoms with Gasteiger partial charge in [0.05, 0.1) is 0 Å². The first-order valence-electron chi connectivity index (χ1n) is 7.79. The van der Waals surface area contributed by atoms with Crippen molar-refractivity contribution < 1.29 is 14.4 Å². The van der Waals surface area contributed by atoms with Gasteiger partial charge in [-0.25, -0.2) is 0 Å². The molecule has 1 aromatic heterocycles. The lowest BCUT2D eigenvalue weighted by molar-refractivity contribution is 0.0979. The number of thiazole rings is 1. The topological polar surface area (TPSA) is 96.1 Å². The van der Waals surface area contributed by atoms with Crippen molar-refractivity contribution in [1.29, 1.82) is 0 Å². The molecule has 0 spiro atoms. The number of aryl methyl sites for hydroxylation is 1. The Morgan fingerprint density at radius 2 is 1.54 bits per heavy atom. The molecule has 2 aromatic carbocycles. The maximum Gasteiger partial charge on any atom is 0.305 e. The lowest BCUT2D eigenvalue weighted by atomic mass is 9.84. The van der Waals surface area contributed by atoms with Crippen molar-refractivity contribution in [3.8, 4) is 0 Å². The van der Waals surface area contributed by atoms with Crippen LogP contribution < -0.4 is 10.2 Å². The second-order valence-electron chi connectivity index (χ2n) is 5.89. The molecule has 0 atom stereocenters. The van der Waals surface area contributed by atoms with Crippen LogP contribution in [0.2, 0.25) is 0 Å². The fourth-order valence-corrected chi connectivity index (χ4v) is 3.72. The van der Waals surface area contributed by atoms with E-state index in [1.165, 1.54) is 12.1 Å². The van der Waals surface area contributed by atoms with Gasteiger partial charge >= 0.3 is 4.87 Å². The average molecular weight is 364 g/mol. The summed E-state index contributed by atoms with van der Waals surface area (Å²) in [6.45, 7) is 1.64. The van der Waals surface area contributed by atoms with Gasteiger partial charge in [0.1, 0.15) is 4.88 Å². The molecule has 7 heteroatoms. The van der Waals surface area contributed by atoms with Crippen LogP contribution in [0, 0.1) is 6.92 Å². The van der Waals surface area contributed by atoms with Crippen molar-refractivity contribution in [2.45, 2.75) is 6.92 Å². The van der Waals surface area contributed by atoms with Crippen molar-refractivity contribution in [3.63, 3.8) is 0 Å². The number of anilines is 1. The maximum absolute atomic E-state index is 12.7. The molecule has 1 aliphatic carbocycles. The Morgan fingerprint density at radius 3 is 2.15 bits per heavy atom. The van der Waals surface area contributed by atoms with Crippen LogP contribution in [0.5, 0.6) is 0 Å². The van der Waals surface area contributed by atoms with E-state index in [1.54, 1.807) is 37.3 Å². The summed E-state index contributed by atoms with van der Waals surface area (Å²) in [5.41, 5.74) is 2.17. The van der Waals surface area contributed by atoms with Gasteiger partial charge in [-0.3, -0.25) is 19.2 Å². The number of rotatable bonds is 2. The monoisotopic (exact) mass is 364 g/mol. The summed E-state index contributed by atoms with van der Waals surface area (Å²) in [5.74, 6) is -0.914. The van der Waals surface area contributed by atoms with E-state index in [0.717, 1.165) is 11.3 Å². The molecule has 3 aromatic rings. The highest BCUT2D eigenvalue weighted by Crippen LogP contribution is 2.29. The molecule has 0 fully saturated rings. The molecule has 26 heavy (non-hydrogen) atoms. The molecule has 0 aliphatic heterocycles. The van der Waals surface area contributed by atoms with Crippen molar-refractivity contribution >= 4 is 34.5 Å². The molecule has 6 nitrogen and oxygen atoms in total. The van der Waals surface area contributed by atoms with Crippen molar-refractivity contribution in [2.24, 2.45) is 0 Å². The third-order valence-corrected chi connectivity index (χ3v) is 5.20. The minimum Gasteiger partial charge on any atom is -0.321 e. The SMILES string of the molecule is Cc1[nH]c(=O)sc1C(=O)Nc1ccc2c(c1)C(=O)c1ccccc1C2=O. The summed E-state index contributed by atoms with van der Waals surface area (Å²) in [6, 6.07) is 11.3. The van der Waals surface area contributed by atoms with Gasteiger partial charge in [0, 0.05) is 33.6 Å². The molecule has 0 saturated heterocycles. The van der Waals surface area contributed by atoms with E-state index < -0.39 is 5.91 Å². The molecule has 1 amide bonds. The summed E-state index contributed by atoms with van der Waals surface area (Å²) in [6.07, 6.45) is 0. The minimum absolute atomic E-state index is 0.215. The molecular weight excluding hydrogens is 352 g/mol. The zero-order chi connectivity index (χ0) is 18.4. The highest BCUT2D eigenvalue weighted by molar-refractivity contribution is 7.11. The molecule has 0 bridgehead atoms. The summed E-state index contributed by atoms with van der Waals surface area (Å²) in [4.78, 5) is 51.5. The Bertz CT molecular complexity index is 1160. The predicted octanol–water partition coefficient (Wildman–Crippen LogP) is 2.77. The van der Waals surface area contributed by atoms with Gasteiger partial charge in [0.25, 0.3) is 5.91 Å². The predicted molar refractivity (Wildman–Crippen MR) is 97.4 cm³/mol. The van der Waals surface area contributed by atoms with Crippen LogP contribution in [-0.4, -0.2) is 22.5 Å². The van der Waals surface area contributed by atoms with Gasteiger partial charge in [-0.05, 0) is 25.1 Å². The third kappa shape index (κ3) is 2.49. The van der Waals surface area contributed by atoms with Crippen molar-refractivity contribution in [1.82, 2.24) is 4.98 Å². The first-order chi connectivity index (χ1) is 12.5. The van der Waals surface area contributed by atoms with Gasteiger partial charge in [0.15, 0.2) is 11.6 Å². The van der Waals surface area contributed by atoms with Gasteiger partial charge in [-0.15, -0.1) is 0 Å². The van der Waals surface area contributed by atoms with Crippen molar-refractivity contribution in [2.75, 3.05) is 5.32 Å². The lowest BCUT2D eigenvalue weighted by Gasteiger charge is -2.18. The number of aromatic nitrogens is 1. The molecule has 1 aliphatic rings. The normalized spacial score (nSPS) is 12.5. The van der Waals surface area contributed by atoms with Crippen LogP contribution in [0.15, 0.2) is 47.3 Å². The number of amides is 1. The summed E-state index contributed by atoms with van der Waals surface area (Å²) in [5, 5.41) is 2.67. The number of nitrogens with one attached hydrogen (secondary N) is 2. The number of hydrogen-bond acceptors (Lipinski definition) is 5. The van der Waals surface area contributed by atoms with E-state index in [1.807, 2.05) is 0 Å². The van der Waals surface area contributed by atoms with E-state index in [0.29, 0.717) is 28.1 Å². The molecule has 0 saturated carbocycles. The van der Waals surface area contributed by atoms with E-state index in [-0.39, 0.29) is 26.9 Å². The fourth-order valence-electron chi connectivity index (χ4n) is 2.99. The largest absolute Gasteiger partial charge is 0.321 e. The number of aromatic amines is 1. The first kappa shape index (κ1) is 16.2. The molecule has 4 rings (SSSR count). The molecular formula is C19H12N2O4S. The molecule has 0 radical (unpaired) electrons. The Kier molecular flexibility index (Phi) is 3.66. The quantitative estimate of drug-likeness (QED) is 0.572. The first-order valence-corrected chi connectivity index (χ1v) is 8.61. The lowest BCUT2D eigenvalue weighted by Crippen LogP contribution is -2.21. The molecule has 0 unspecified atom stereocenters. The number of fused-ring (bicyclic) bond motifs is 2. The van der Waals surface area contributed by atoms with Crippen LogP contribution in [-0.2, 0) is 0 Å². The fraction of sp³-hybridized carbons (Fsp3) is 0.0526. The molecule has 2 N–H and O–H groups in total. The highest BCUT2D eigenvalue weighted by Gasteiger charge is 2.29. The van der Waals surface area contributed by atoms with E-state index in [4.69, 9.17) is 0 Å². The Balaban J connectivity index is 1.71.